The highest BCUT2D eigenvalue weighted by atomic mass is 19.2. The maximum atomic E-state index is 13.2. The number of aromatic nitrogens is 3. The first-order chi connectivity index (χ1) is 8.91. The second kappa shape index (κ2) is 4.74. The van der Waals surface area contributed by atoms with Gasteiger partial charge in [0.2, 0.25) is 0 Å². The van der Waals surface area contributed by atoms with Gasteiger partial charge < -0.3 is 15.8 Å². The van der Waals surface area contributed by atoms with Crippen LogP contribution in [0.25, 0.3) is 11.3 Å². The van der Waals surface area contributed by atoms with E-state index in [1.54, 1.807) is 0 Å². The molecule has 1 aromatic carbocycles. The van der Waals surface area contributed by atoms with Crippen molar-refractivity contribution in [1.29, 1.82) is 0 Å². The number of rotatable bonds is 3. The highest BCUT2D eigenvalue weighted by Gasteiger charge is 2.25. The average molecular weight is 268 g/mol. The summed E-state index contributed by atoms with van der Waals surface area (Å²) >= 11 is 0. The Labute approximate surface area is 105 Å². The molecule has 5 N–H and O–H groups in total. The predicted molar refractivity (Wildman–Crippen MR) is 60.1 cm³/mol. The standard InChI is InChI=1S/C9H7BF2N4O3/c11-5-1-3(4(10(18)19)2-6(5)12)7-8(9(13)17)15-16-14-7/h1-2,18-19H,(H2,13,17)(H,14,15,16). The fraction of sp³-hybridized carbons (Fsp3) is 0. The van der Waals surface area contributed by atoms with E-state index < -0.39 is 24.7 Å². The Morgan fingerprint density at radius 3 is 2.47 bits per heavy atom. The van der Waals surface area contributed by atoms with Crippen molar-refractivity contribution in [3.05, 3.63) is 29.5 Å². The highest BCUT2D eigenvalue weighted by molar-refractivity contribution is 6.60. The van der Waals surface area contributed by atoms with Crippen molar-refractivity contribution < 1.29 is 23.6 Å². The summed E-state index contributed by atoms with van der Waals surface area (Å²) in [7, 11) is -2.08. The molecule has 7 nitrogen and oxygen atoms in total. The van der Waals surface area contributed by atoms with Gasteiger partial charge in [-0.3, -0.25) is 4.79 Å². The molecule has 0 saturated carbocycles. The molecule has 2 rings (SSSR count). The molecule has 19 heavy (non-hydrogen) atoms. The van der Waals surface area contributed by atoms with E-state index in [1.165, 1.54) is 0 Å². The zero-order chi connectivity index (χ0) is 14.2. The van der Waals surface area contributed by atoms with Gasteiger partial charge in [0.25, 0.3) is 5.91 Å². The first-order valence-corrected chi connectivity index (χ1v) is 4.97. The number of hydrogen-bond donors (Lipinski definition) is 4. The van der Waals surface area contributed by atoms with Gasteiger partial charge in [-0.2, -0.15) is 15.4 Å². The molecule has 0 aliphatic heterocycles. The highest BCUT2D eigenvalue weighted by Crippen LogP contribution is 2.20. The molecular formula is C9H7BF2N4O3. The van der Waals surface area contributed by atoms with Crippen LogP contribution in [-0.2, 0) is 0 Å². The molecule has 1 heterocycles. The number of aromatic amines is 1. The first-order valence-electron chi connectivity index (χ1n) is 4.97. The van der Waals surface area contributed by atoms with E-state index in [-0.39, 0.29) is 22.4 Å². The first kappa shape index (κ1) is 13.1. The molecule has 10 heteroatoms. The lowest BCUT2D eigenvalue weighted by atomic mass is 9.76. The third-order valence-electron chi connectivity index (χ3n) is 2.41. The van der Waals surface area contributed by atoms with E-state index in [0.717, 1.165) is 0 Å². The van der Waals surface area contributed by atoms with Gasteiger partial charge in [0.15, 0.2) is 17.3 Å². The zero-order valence-electron chi connectivity index (χ0n) is 9.26. The summed E-state index contributed by atoms with van der Waals surface area (Å²) in [6.07, 6.45) is 0. The number of hydrogen-bond acceptors (Lipinski definition) is 5. The minimum Gasteiger partial charge on any atom is -0.423 e. The fourth-order valence-corrected chi connectivity index (χ4v) is 1.57. The molecule has 1 aromatic heterocycles. The van der Waals surface area contributed by atoms with Crippen molar-refractivity contribution in [2.75, 3.05) is 0 Å². The van der Waals surface area contributed by atoms with Crippen LogP contribution >= 0.6 is 0 Å². The number of carbonyl (C=O) groups excluding carboxylic acids is 1. The number of nitrogens with zero attached hydrogens (tertiary/aromatic N) is 2. The molecule has 0 fully saturated rings. The second-order valence-corrected chi connectivity index (χ2v) is 3.61. The van der Waals surface area contributed by atoms with E-state index in [9.17, 15) is 13.6 Å². The minimum absolute atomic E-state index is 0.198. The number of benzene rings is 1. The van der Waals surface area contributed by atoms with Gasteiger partial charge >= 0.3 is 7.12 Å². The SMILES string of the molecule is NC(=O)c1n[nH]nc1-c1cc(F)c(F)cc1B(O)O. The molecule has 0 bridgehead atoms. The van der Waals surface area contributed by atoms with Crippen LogP contribution < -0.4 is 11.2 Å². The van der Waals surface area contributed by atoms with Crippen molar-refractivity contribution in [3.8, 4) is 11.3 Å². The van der Waals surface area contributed by atoms with E-state index in [2.05, 4.69) is 15.4 Å². The summed E-state index contributed by atoms with van der Waals surface area (Å²) in [5.41, 5.74) is 3.95. The molecule has 0 saturated heterocycles. The number of primary amides is 1. The topological polar surface area (TPSA) is 125 Å². The van der Waals surface area contributed by atoms with Crippen LogP contribution in [0.2, 0.25) is 0 Å². The molecule has 1 amide bonds. The lowest BCUT2D eigenvalue weighted by Crippen LogP contribution is -2.33. The van der Waals surface area contributed by atoms with Gasteiger partial charge in [-0.05, 0) is 17.6 Å². The van der Waals surface area contributed by atoms with Crippen LogP contribution in [0.1, 0.15) is 10.5 Å². The molecule has 0 aliphatic carbocycles. The molecule has 98 valence electrons. The Morgan fingerprint density at radius 1 is 1.26 bits per heavy atom. The maximum Gasteiger partial charge on any atom is 0.489 e. The van der Waals surface area contributed by atoms with Gasteiger partial charge in [0.05, 0.1) is 0 Å². The summed E-state index contributed by atoms with van der Waals surface area (Å²) in [6.45, 7) is 0. The molecular weight excluding hydrogens is 261 g/mol. The van der Waals surface area contributed by atoms with Crippen LogP contribution in [0, 0.1) is 11.6 Å². The Kier molecular flexibility index (Phi) is 3.27. The average Bonchev–Trinajstić information content (AvgIpc) is 2.80. The van der Waals surface area contributed by atoms with Crippen molar-refractivity contribution in [3.63, 3.8) is 0 Å². The Balaban J connectivity index is 2.70. The van der Waals surface area contributed by atoms with Gasteiger partial charge in [-0.25, -0.2) is 8.78 Å². The number of nitrogens with one attached hydrogen (secondary N) is 1. The van der Waals surface area contributed by atoms with Gasteiger partial charge in [0.1, 0.15) is 5.69 Å². The zero-order valence-corrected chi connectivity index (χ0v) is 9.26. The van der Waals surface area contributed by atoms with E-state index in [0.29, 0.717) is 12.1 Å². The Bertz CT molecular complexity index is 646. The predicted octanol–water partition coefficient (Wildman–Crippen LogP) is -1.47. The lowest BCUT2D eigenvalue weighted by Gasteiger charge is -2.08. The quantitative estimate of drug-likeness (QED) is 0.505. The maximum absolute atomic E-state index is 13.2. The van der Waals surface area contributed by atoms with E-state index in [1.807, 2.05) is 0 Å². The normalized spacial score (nSPS) is 10.5. The third-order valence-corrected chi connectivity index (χ3v) is 2.41. The van der Waals surface area contributed by atoms with Crippen LogP contribution in [0.4, 0.5) is 8.78 Å². The van der Waals surface area contributed by atoms with Crippen LogP contribution in [0.5, 0.6) is 0 Å². The minimum atomic E-state index is -2.08. The monoisotopic (exact) mass is 268 g/mol. The number of amides is 1. The summed E-state index contributed by atoms with van der Waals surface area (Å²) < 4.78 is 26.3. The summed E-state index contributed by atoms with van der Waals surface area (Å²) in [6, 6.07) is 1.27. The van der Waals surface area contributed by atoms with Crippen molar-refractivity contribution in [1.82, 2.24) is 15.4 Å². The number of nitrogens with two attached hydrogens (primary N) is 1. The Hall–Kier alpha value is -2.33. The molecule has 0 radical (unpaired) electrons. The van der Waals surface area contributed by atoms with Crippen LogP contribution in [0.3, 0.4) is 0 Å². The van der Waals surface area contributed by atoms with Gasteiger partial charge in [-0.1, -0.05) is 0 Å². The molecule has 0 atom stereocenters. The van der Waals surface area contributed by atoms with Crippen molar-refractivity contribution in [2.45, 2.75) is 0 Å². The van der Waals surface area contributed by atoms with Gasteiger partial charge in [-0.15, -0.1) is 0 Å². The largest absolute Gasteiger partial charge is 0.489 e. The summed E-state index contributed by atoms with van der Waals surface area (Å²) in [5.74, 6) is -3.46. The third kappa shape index (κ3) is 2.30. The second-order valence-electron chi connectivity index (χ2n) is 3.61. The molecule has 2 aromatic rings. The van der Waals surface area contributed by atoms with Crippen LogP contribution in [-0.4, -0.2) is 38.5 Å². The fourth-order valence-electron chi connectivity index (χ4n) is 1.57. The van der Waals surface area contributed by atoms with E-state index in [4.69, 9.17) is 15.8 Å². The Morgan fingerprint density at radius 2 is 1.89 bits per heavy atom. The number of halogens is 2. The number of H-pyrrole nitrogens is 1. The molecule has 0 spiro atoms. The molecule has 0 aliphatic rings. The smallest absolute Gasteiger partial charge is 0.423 e. The van der Waals surface area contributed by atoms with Crippen LogP contribution in [0.15, 0.2) is 12.1 Å². The summed E-state index contributed by atoms with van der Waals surface area (Å²) in [4.78, 5) is 11.1. The van der Waals surface area contributed by atoms with Crippen molar-refractivity contribution >= 4 is 18.5 Å². The van der Waals surface area contributed by atoms with Crippen molar-refractivity contribution in [2.24, 2.45) is 5.73 Å². The molecule has 0 unspecified atom stereocenters. The van der Waals surface area contributed by atoms with E-state index >= 15 is 0 Å². The summed E-state index contributed by atoms with van der Waals surface area (Å²) in [5, 5.41) is 27.4. The number of carbonyl (C=O) groups is 1. The van der Waals surface area contributed by atoms with Gasteiger partial charge in [0, 0.05) is 5.56 Å². The lowest BCUT2D eigenvalue weighted by molar-refractivity contribution is 0.0996.